The van der Waals surface area contributed by atoms with Gasteiger partial charge in [0.1, 0.15) is 12.4 Å². The summed E-state index contributed by atoms with van der Waals surface area (Å²) in [5.41, 5.74) is 5.10. The Hall–Kier alpha value is -1.52. The van der Waals surface area contributed by atoms with Gasteiger partial charge in [0, 0.05) is 6.54 Å². The van der Waals surface area contributed by atoms with Crippen LogP contribution in [0.5, 0.6) is 0 Å². The Balaban J connectivity index is 2.63. The maximum atomic E-state index is 11.3. The molecule has 10 heteroatoms. The number of nitrogens with two attached hydrogens (primary N) is 1. The molecule has 15 heavy (non-hydrogen) atoms. The Kier molecular flexibility index (Phi) is 3.34. The molecule has 1 heterocycles. The quantitative estimate of drug-likeness (QED) is 0.440. The molecular formula is C5H9N5O4S. The molecule has 5 N–H and O–H groups in total. The van der Waals surface area contributed by atoms with Gasteiger partial charge in [-0.05, 0) is 0 Å². The van der Waals surface area contributed by atoms with Gasteiger partial charge in [-0.25, -0.2) is 23.2 Å². The molecule has 0 bridgehead atoms. The third-order valence-corrected chi connectivity index (χ3v) is 2.71. The van der Waals surface area contributed by atoms with E-state index in [4.69, 9.17) is 10.8 Å². The van der Waals surface area contributed by atoms with Gasteiger partial charge in [0.05, 0.1) is 0 Å². The van der Waals surface area contributed by atoms with Crippen LogP contribution >= 0.6 is 0 Å². The van der Waals surface area contributed by atoms with Gasteiger partial charge in [-0.1, -0.05) is 0 Å². The summed E-state index contributed by atoms with van der Waals surface area (Å²) >= 11 is 0. The number of nitrogens with zero attached hydrogens (tertiary/aromatic N) is 2. The van der Waals surface area contributed by atoms with Gasteiger partial charge in [-0.3, -0.25) is 4.79 Å². The second-order valence-corrected chi connectivity index (χ2v) is 4.27. The first kappa shape index (κ1) is 11.6. The molecule has 84 valence electrons. The van der Waals surface area contributed by atoms with Crippen LogP contribution in [-0.2, 0) is 14.8 Å². The minimum absolute atomic E-state index is 0.389. The Bertz CT molecular complexity index is 426. The van der Waals surface area contributed by atoms with Gasteiger partial charge in [-0.15, -0.1) is 0 Å². The maximum absolute atomic E-state index is 11.3. The number of rotatable bonds is 5. The number of aliphatic carboxylic acids is 1. The van der Waals surface area contributed by atoms with E-state index in [0.717, 1.165) is 6.33 Å². The van der Waals surface area contributed by atoms with E-state index in [-0.39, 0.29) is 5.16 Å². The standard InChI is InChI=1S/C5H9N5O4S/c6-3(4(11)12)1-9-15(13,14)5-7-2-8-10-5/h2-3,9H,1,6H2,(H,11,12)(H,7,8,10). The third kappa shape index (κ3) is 2.97. The molecule has 0 fully saturated rings. The molecule has 0 saturated carbocycles. The highest BCUT2D eigenvalue weighted by molar-refractivity contribution is 7.89. The number of H-pyrrole nitrogens is 1. The lowest BCUT2D eigenvalue weighted by molar-refractivity contribution is -0.138. The molecule has 1 atom stereocenters. The third-order valence-electron chi connectivity index (χ3n) is 1.46. The highest BCUT2D eigenvalue weighted by Crippen LogP contribution is 1.97. The number of nitrogens with one attached hydrogen (secondary N) is 2. The monoisotopic (exact) mass is 235 g/mol. The topological polar surface area (TPSA) is 151 Å². The van der Waals surface area contributed by atoms with E-state index in [2.05, 4.69) is 15.2 Å². The lowest BCUT2D eigenvalue weighted by Gasteiger charge is -2.06. The lowest BCUT2D eigenvalue weighted by Crippen LogP contribution is -2.42. The van der Waals surface area contributed by atoms with Crippen LogP contribution in [0, 0.1) is 0 Å². The Morgan fingerprint density at radius 3 is 2.87 bits per heavy atom. The van der Waals surface area contributed by atoms with Crippen molar-refractivity contribution < 1.29 is 18.3 Å². The van der Waals surface area contributed by atoms with Crippen LogP contribution < -0.4 is 10.5 Å². The summed E-state index contributed by atoms with van der Waals surface area (Å²) in [6, 6.07) is -1.30. The molecule has 0 aliphatic heterocycles. The summed E-state index contributed by atoms with van der Waals surface area (Å²) in [6.45, 7) is -0.418. The summed E-state index contributed by atoms with van der Waals surface area (Å²) in [6.07, 6.45) is 1.02. The predicted octanol–water partition coefficient (Wildman–Crippen LogP) is -2.51. The van der Waals surface area contributed by atoms with E-state index >= 15 is 0 Å². The number of sulfonamides is 1. The van der Waals surface area contributed by atoms with E-state index in [1.807, 2.05) is 4.72 Å². The second kappa shape index (κ2) is 4.33. The van der Waals surface area contributed by atoms with Crippen LogP contribution in [0.15, 0.2) is 11.5 Å². The number of carbonyl (C=O) groups is 1. The molecule has 0 spiro atoms. The van der Waals surface area contributed by atoms with Crippen molar-refractivity contribution in [1.29, 1.82) is 0 Å². The molecule has 0 aromatic carbocycles. The van der Waals surface area contributed by atoms with Crippen molar-refractivity contribution in [3.63, 3.8) is 0 Å². The number of hydrogen-bond acceptors (Lipinski definition) is 6. The maximum Gasteiger partial charge on any atom is 0.321 e. The van der Waals surface area contributed by atoms with E-state index < -0.39 is 28.6 Å². The largest absolute Gasteiger partial charge is 0.480 e. The Morgan fingerprint density at radius 2 is 2.40 bits per heavy atom. The molecule has 0 aliphatic rings. The smallest absolute Gasteiger partial charge is 0.321 e. The first-order valence-electron chi connectivity index (χ1n) is 3.77. The van der Waals surface area contributed by atoms with E-state index in [0.29, 0.717) is 0 Å². The van der Waals surface area contributed by atoms with Gasteiger partial charge < -0.3 is 10.8 Å². The molecule has 0 aliphatic carbocycles. The normalized spacial score (nSPS) is 13.7. The summed E-state index contributed by atoms with van der Waals surface area (Å²) in [7, 11) is -3.87. The number of aromatic nitrogens is 3. The van der Waals surface area contributed by atoms with Crippen LogP contribution in [0.4, 0.5) is 0 Å². The van der Waals surface area contributed by atoms with Crippen LogP contribution in [0.25, 0.3) is 0 Å². The molecule has 0 radical (unpaired) electrons. The highest BCUT2D eigenvalue weighted by Gasteiger charge is 2.20. The van der Waals surface area contributed by atoms with E-state index in [1.54, 1.807) is 0 Å². The zero-order valence-electron chi connectivity index (χ0n) is 7.41. The fourth-order valence-electron chi connectivity index (χ4n) is 0.679. The molecular weight excluding hydrogens is 226 g/mol. The summed E-state index contributed by atoms with van der Waals surface area (Å²) in [5.74, 6) is -1.30. The van der Waals surface area contributed by atoms with Crippen molar-refractivity contribution in [3.05, 3.63) is 6.33 Å². The zero-order chi connectivity index (χ0) is 11.5. The molecule has 0 amide bonds. The van der Waals surface area contributed by atoms with Crippen LogP contribution in [0.2, 0.25) is 0 Å². The Labute approximate surface area is 84.7 Å². The van der Waals surface area contributed by atoms with Crippen molar-refractivity contribution in [2.24, 2.45) is 5.73 Å². The number of carboxylic acids is 1. The fraction of sp³-hybridized carbons (Fsp3) is 0.400. The average molecular weight is 235 g/mol. The van der Waals surface area contributed by atoms with Gasteiger partial charge in [-0.2, -0.15) is 5.10 Å². The number of carboxylic acid groups (broad SMARTS) is 1. The second-order valence-electron chi connectivity index (χ2n) is 2.59. The first-order chi connectivity index (χ1) is 6.93. The lowest BCUT2D eigenvalue weighted by atomic mass is 10.3. The first-order valence-corrected chi connectivity index (χ1v) is 5.25. The summed E-state index contributed by atoms with van der Waals surface area (Å²) < 4.78 is 24.6. The molecule has 1 aromatic rings. The van der Waals surface area contributed by atoms with Crippen molar-refractivity contribution in [3.8, 4) is 0 Å². The van der Waals surface area contributed by atoms with Crippen molar-refractivity contribution in [1.82, 2.24) is 19.9 Å². The number of hydrogen-bond donors (Lipinski definition) is 4. The van der Waals surface area contributed by atoms with Crippen molar-refractivity contribution in [2.45, 2.75) is 11.2 Å². The zero-order valence-corrected chi connectivity index (χ0v) is 8.23. The van der Waals surface area contributed by atoms with Crippen molar-refractivity contribution >= 4 is 16.0 Å². The number of aromatic amines is 1. The predicted molar refractivity (Wildman–Crippen MR) is 47.2 cm³/mol. The summed E-state index contributed by atoms with van der Waals surface area (Å²) in [5, 5.41) is 13.5. The summed E-state index contributed by atoms with van der Waals surface area (Å²) in [4.78, 5) is 13.7. The molecule has 1 unspecified atom stereocenters. The van der Waals surface area contributed by atoms with Crippen LogP contribution in [0.1, 0.15) is 0 Å². The Morgan fingerprint density at radius 1 is 1.73 bits per heavy atom. The van der Waals surface area contributed by atoms with E-state index in [9.17, 15) is 13.2 Å². The van der Waals surface area contributed by atoms with Gasteiger partial charge in [0.25, 0.3) is 15.2 Å². The highest BCUT2D eigenvalue weighted by atomic mass is 32.2. The van der Waals surface area contributed by atoms with Gasteiger partial charge in [0.15, 0.2) is 0 Å². The van der Waals surface area contributed by atoms with Crippen molar-refractivity contribution in [2.75, 3.05) is 6.54 Å². The van der Waals surface area contributed by atoms with Crippen LogP contribution in [0.3, 0.4) is 0 Å². The van der Waals surface area contributed by atoms with Crippen LogP contribution in [-0.4, -0.2) is 47.3 Å². The minimum Gasteiger partial charge on any atom is -0.480 e. The van der Waals surface area contributed by atoms with Gasteiger partial charge >= 0.3 is 5.97 Å². The molecule has 9 nitrogen and oxygen atoms in total. The molecule has 0 saturated heterocycles. The molecule has 1 aromatic heterocycles. The van der Waals surface area contributed by atoms with Gasteiger partial charge in [0.2, 0.25) is 0 Å². The molecule has 1 rings (SSSR count). The SMILES string of the molecule is NC(CNS(=O)(=O)c1ncn[nH]1)C(=O)O. The minimum atomic E-state index is -3.87. The average Bonchev–Trinajstić information content (AvgIpc) is 2.67. The fourth-order valence-corrected chi connectivity index (χ4v) is 1.57. The van der Waals surface area contributed by atoms with E-state index in [1.165, 1.54) is 0 Å².